The molecule has 1 fully saturated rings. The number of nitrogens with zero attached hydrogens (tertiary/aromatic N) is 1. The van der Waals surface area contributed by atoms with Gasteiger partial charge in [-0.3, -0.25) is 9.59 Å². The van der Waals surface area contributed by atoms with Crippen LogP contribution in [0.4, 0.5) is 5.69 Å². The van der Waals surface area contributed by atoms with E-state index in [1.807, 2.05) is 59.5 Å². The second-order valence-corrected chi connectivity index (χ2v) is 8.64. The van der Waals surface area contributed by atoms with Crippen LogP contribution in [0.3, 0.4) is 0 Å². The third kappa shape index (κ3) is 7.10. The molecule has 3 rings (SSSR count). The van der Waals surface area contributed by atoms with Gasteiger partial charge < -0.3 is 15.0 Å². The Labute approximate surface area is 183 Å². The van der Waals surface area contributed by atoms with E-state index in [1.54, 1.807) is 18.9 Å². The molecule has 1 N–H and O–H groups in total. The molecule has 1 amide bonds. The Morgan fingerprint density at radius 1 is 1.10 bits per heavy atom. The van der Waals surface area contributed by atoms with E-state index in [0.29, 0.717) is 24.6 Å². The summed E-state index contributed by atoms with van der Waals surface area (Å²) >= 11 is 1.59. The molecule has 30 heavy (non-hydrogen) atoms. The Bertz CT molecular complexity index is 820. The molecule has 0 atom stereocenters. The number of anilines is 1. The Morgan fingerprint density at radius 2 is 1.87 bits per heavy atom. The lowest BCUT2D eigenvalue weighted by Gasteiger charge is -2.32. The van der Waals surface area contributed by atoms with Crippen LogP contribution >= 0.6 is 11.8 Å². The average molecular weight is 427 g/mol. The molecule has 0 saturated carbocycles. The highest BCUT2D eigenvalue weighted by molar-refractivity contribution is 8.00. The fourth-order valence-electron chi connectivity index (χ4n) is 3.61. The van der Waals surface area contributed by atoms with Crippen LogP contribution in [0.5, 0.6) is 5.75 Å². The van der Waals surface area contributed by atoms with E-state index in [9.17, 15) is 9.59 Å². The van der Waals surface area contributed by atoms with Crippen molar-refractivity contribution < 1.29 is 14.3 Å². The molecule has 0 aromatic heterocycles. The molecule has 160 valence electrons. The normalized spacial score (nSPS) is 14.4. The summed E-state index contributed by atoms with van der Waals surface area (Å²) in [6, 6.07) is 17.6. The standard InChI is InChI=1S/C24H30N2O3S/c1-29-22-7-5-6-20(16-22)25-17-21(27)11-10-19-12-14-26(15-13-19)24(28)18-30-23-8-3-2-4-9-23/h2-9,16,19,25H,10-15,17-18H2,1H3. The Kier molecular flexibility index (Phi) is 8.63. The van der Waals surface area contributed by atoms with Crippen LogP contribution in [0.1, 0.15) is 25.7 Å². The lowest BCUT2D eigenvalue weighted by molar-refractivity contribution is -0.130. The van der Waals surface area contributed by atoms with Crippen molar-refractivity contribution in [2.45, 2.75) is 30.6 Å². The number of piperidine rings is 1. The quantitative estimate of drug-likeness (QED) is 0.568. The Morgan fingerprint density at radius 3 is 2.60 bits per heavy atom. The molecule has 0 radical (unpaired) electrons. The molecular formula is C24H30N2O3S. The number of likely N-dealkylation sites (tertiary alicyclic amines) is 1. The number of methoxy groups -OCH3 is 1. The molecule has 1 saturated heterocycles. The third-order valence-electron chi connectivity index (χ3n) is 5.46. The summed E-state index contributed by atoms with van der Waals surface area (Å²) < 4.78 is 5.20. The molecule has 5 nitrogen and oxygen atoms in total. The zero-order chi connectivity index (χ0) is 21.2. The number of ether oxygens (including phenoxy) is 1. The van der Waals surface area contributed by atoms with Crippen LogP contribution in [0, 0.1) is 5.92 Å². The first kappa shape index (κ1) is 22.2. The van der Waals surface area contributed by atoms with Crippen LogP contribution in [0.25, 0.3) is 0 Å². The largest absolute Gasteiger partial charge is 0.497 e. The van der Waals surface area contributed by atoms with Crippen molar-refractivity contribution in [1.29, 1.82) is 0 Å². The summed E-state index contributed by atoms with van der Waals surface area (Å²) in [6.07, 6.45) is 3.45. The predicted molar refractivity (Wildman–Crippen MR) is 122 cm³/mol. The van der Waals surface area contributed by atoms with Crippen LogP contribution in [-0.2, 0) is 9.59 Å². The van der Waals surface area contributed by atoms with Crippen LogP contribution in [-0.4, -0.2) is 49.1 Å². The highest BCUT2D eigenvalue weighted by Crippen LogP contribution is 2.24. The first-order chi connectivity index (χ1) is 14.6. The predicted octanol–water partition coefficient (Wildman–Crippen LogP) is 4.49. The summed E-state index contributed by atoms with van der Waals surface area (Å²) in [5.41, 5.74) is 0.892. The summed E-state index contributed by atoms with van der Waals surface area (Å²) in [7, 11) is 1.63. The van der Waals surface area contributed by atoms with Gasteiger partial charge in [0.25, 0.3) is 0 Å². The number of Topliss-reactive ketones (excluding diaryl/α,β-unsaturated/α-hetero) is 1. The van der Waals surface area contributed by atoms with Gasteiger partial charge in [0.15, 0.2) is 5.78 Å². The third-order valence-corrected chi connectivity index (χ3v) is 6.46. The first-order valence-corrected chi connectivity index (χ1v) is 11.5. The molecule has 0 bridgehead atoms. The molecule has 0 aliphatic carbocycles. The zero-order valence-corrected chi connectivity index (χ0v) is 18.3. The molecular weight excluding hydrogens is 396 g/mol. The fraction of sp³-hybridized carbons (Fsp3) is 0.417. The van der Waals surface area contributed by atoms with Crippen LogP contribution in [0.15, 0.2) is 59.5 Å². The van der Waals surface area contributed by atoms with E-state index in [2.05, 4.69) is 5.32 Å². The van der Waals surface area contributed by atoms with E-state index >= 15 is 0 Å². The van der Waals surface area contributed by atoms with E-state index in [0.717, 1.165) is 48.7 Å². The van der Waals surface area contributed by atoms with Crippen LogP contribution in [0.2, 0.25) is 0 Å². The van der Waals surface area contributed by atoms with Gasteiger partial charge in [-0.05, 0) is 49.4 Å². The minimum absolute atomic E-state index is 0.209. The summed E-state index contributed by atoms with van der Waals surface area (Å²) in [5.74, 6) is 2.22. The Hall–Kier alpha value is -2.47. The van der Waals surface area contributed by atoms with Gasteiger partial charge in [0, 0.05) is 36.2 Å². The second-order valence-electron chi connectivity index (χ2n) is 7.59. The van der Waals surface area contributed by atoms with Gasteiger partial charge in [-0.25, -0.2) is 0 Å². The maximum atomic E-state index is 12.4. The number of hydrogen-bond acceptors (Lipinski definition) is 5. The average Bonchev–Trinajstić information content (AvgIpc) is 2.81. The molecule has 0 spiro atoms. The molecule has 2 aromatic rings. The monoisotopic (exact) mass is 426 g/mol. The SMILES string of the molecule is COc1cccc(NCC(=O)CCC2CCN(C(=O)CSc3ccccc3)CC2)c1. The van der Waals surface area contributed by atoms with Crippen LogP contribution < -0.4 is 10.1 Å². The maximum Gasteiger partial charge on any atom is 0.232 e. The fourth-order valence-corrected chi connectivity index (χ4v) is 4.43. The molecule has 2 aromatic carbocycles. The molecule has 1 heterocycles. The van der Waals surface area contributed by atoms with Crippen molar-refractivity contribution >= 4 is 29.1 Å². The zero-order valence-electron chi connectivity index (χ0n) is 17.5. The number of rotatable bonds is 10. The van der Waals surface area contributed by atoms with Crippen molar-refractivity contribution in [1.82, 2.24) is 4.90 Å². The minimum Gasteiger partial charge on any atom is -0.497 e. The van der Waals surface area contributed by atoms with Gasteiger partial charge in [0.2, 0.25) is 5.91 Å². The number of benzene rings is 2. The molecule has 1 aliphatic heterocycles. The van der Waals surface area contributed by atoms with Crippen molar-refractivity contribution in [3.05, 3.63) is 54.6 Å². The lowest BCUT2D eigenvalue weighted by Crippen LogP contribution is -2.39. The van der Waals surface area contributed by atoms with Gasteiger partial charge >= 0.3 is 0 Å². The van der Waals surface area contributed by atoms with Gasteiger partial charge in [0.05, 0.1) is 19.4 Å². The van der Waals surface area contributed by atoms with E-state index in [-0.39, 0.29) is 11.7 Å². The minimum atomic E-state index is 0.209. The highest BCUT2D eigenvalue weighted by atomic mass is 32.2. The first-order valence-electron chi connectivity index (χ1n) is 10.5. The second kappa shape index (κ2) is 11.6. The van der Waals surface area contributed by atoms with Crippen molar-refractivity contribution in [2.24, 2.45) is 5.92 Å². The topological polar surface area (TPSA) is 58.6 Å². The number of thioether (sulfide) groups is 1. The summed E-state index contributed by atoms with van der Waals surface area (Å²) in [5, 5.41) is 3.17. The van der Waals surface area contributed by atoms with E-state index in [4.69, 9.17) is 4.74 Å². The van der Waals surface area contributed by atoms with Gasteiger partial charge in [-0.2, -0.15) is 0 Å². The number of carbonyl (C=O) groups excluding carboxylic acids is 2. The molecule has 0 unspecified atom stereocenters. The van der Waals surface area contributed by atoms with Crippen molar-refractivity contribution in [3.63, 3.8) is 0 Å². The molecule has 1 aliphatic rings. The summed E-state index contributed by atoms with van der Waals surface area (Å²) in [4.78, 5) is 27.8. The number of hydrogen-bond donors (Lipinski definition) is 1. The van der Waals surface area contributed by atoms with E-state index < -0.39 is 0 Å². The molecule has 6 heteroatoms. The lowest BCUT2D eigenvalue weighted by atomic mass is 9.91. The number of carbonyl (C=O) groups is 2. The highest BCUT2D eigenvalue weighted by Gasteiger charge is 2.23. The van der Waals surface area contributed by atoms with Gasteiger partial charge in [-0.15, -0.1) is 11.8 Å². The maximum absolute atomic E-state index is 12.4. The smallest absolute Gasteiger partial charge is 0.232 e. The number of nitrogens with one attached hydrogen (secondary N) is 1. The van der Waals surface area contributed by atoms with E-state index in [1.165, 1.54) is 0 Å². The van der Waals surface area contributed by atoms with Gasteiger partial charge in [0.1, 0.15) is 5.75 Å². The van der Waals surface area contributed by atoms with Crippen molar-refractivity contribution in [2.75, 3.05) is 37.8 Å². The van der Waals surface area contributed by atoms with Crippen molar-refractivity contribution in [3.8, 4) is 5.75 Å². The number of amides is 1. The Balaban J connectivity index is 1.31. The van der Waals surface area contributed by atoms with Gasteiger partial charge in [-0.1, -0.05) is 24.3 Å². The summed E-state index contributed by atoms with van der Waals surface area (Å²) in [6.45, 7) is 1.94. The number of ketones is 1.